The van der Waals surface area contributed by atoms with E-state index in [4.69, 9.17) is 10.5 Å². The molecule has 36 heavy (non-hydrogen) atoms. The molecule has 0 unspecified atom stereocenters. The minimum atomic E-state index is -2.37. The number of amides is 1. The van der Waals surface area contributed by atoms with Crippen molar-refractivity contribution in [2.45, 2.75) is 31.7 Å². The molecule has 4 atom stereocenters. The monoisotopic (exact) mass is 502 g/mol. The summed E-state index contributed by atoms with van der Waals surface area (Å²) in [5, 5.41) is 6.19. The van der Waals surface area contributed by atoms with Crippen LogP contribution in [-0.4, -0.2) is 60.0 Å². The van der Waals surface area contributed by atoms with Crippen molar-refractivity contribution in [2.75, 3.05) is 37.4 Å². The maximum absolute atomic E-state index is 14.6. The Hall–Kier alpha value is -3.34. The standard InChI is InChI=1S/C25H29F3N6O2/c1-36-19-10-14-5-7-34(12-20(27)28)6-4-13(14)9-18(19)31-25-30-11-17(26)24(33-25)32-22-16-3-2-15(8-16)21(22)23(29)35/h2-3,9-11,15-16,20-22H,4-8,12H2,1H3,(H2,29,35)(H2,30,31,32,33)/t15-,16+,21+,22-/m0/s1. The smallest absolute Gasteiger partial charge is 0.251 e. The number of halogens is 3. The molecule has 1 fully saturated rings. The number of hydrogen-bond donors (Lipinski definition) is 3. The number of ether oxygens (including phenoxy) is 1. The van der Waals surface area contributed by atoms with Gasteiger partial charge in [0.15, 0.2) is 11.6 Å². The van der Waals surface area contributed by atoms with E-state index < -0.39 is 24.1 Å². The Morgan fingerprint density at radius 2 is 1.94 bits per heavy atom. The van der Waals surface area contributed by atoms with Gasteiger partial charge in [-0.15, -0.1) is 0 Å². The fourth-order valence-electron chi connectivity index (χ4n) is 5.66. The molecule has 1 aromatic carbocycles. The predicted octanol–water partition coefficient (Wildman–Crippen LogP) is 3.12. The molecular formula is C25H29F3N6O2. The molecule has 8 nitrogen and oxygen atoms in total. The Kier molecular flexibility index (Phi) is 6.74. The number of carbonyl (C=O) groups excluding carboxylic acids is 1. The number of rotatable bonds is 8. The molecule has 0 radical (unpaired) electrons. The van der Waals surface area contributed by atoms with E-state index in [2.05, 4.69) is 20.6 Å². The molecule has 1 saturated carbocycles. The number of nitrogens with one attached hydrogen (secondary N) is 2. The van der Waals surface area contributed by atoms with Crippen molar-refractivity contribution in [3.05, 3.63) is 47.4 Å². The molecule has 0 saturated heterocycles. The lowest BCUT2D eigenvalue weighted by atomic mass is 9.88. The van der Waals surface area contributed by atoms with Crippen molar-refractivity contribution in [3.8, 4) is 5.75 Å². The summed E-state index contributed by atoms with van der Waals surface area (Å²) < 4.78 is 45.9. The van der Waals surface area contributed by atoms with Crippen LogP contribution >= 0.6 is 0 Å². The largest absolute Gasteiger partial charge is 0.495 e. The minimum absolute atomic E-state index is 0.0129. The van der Waals surface area contributed by atoms with Crippen LogP contribution in [-0.2, 0) is 17.6 Å². The quantitative estimate of drug-likeness (QED) is 0.477. The van der Waals surface area contributed by atoms with Gasteiger partial charge in [-0.1, -0.05) is 12.2 Å². The summed E-state index contributed by atoms with van der Waals surface area (Å²) in [6, 6.07) is 3.46. The first-order valence-electron chi connectivity index (χ1n) is 12.1. The van der Waals surface area contributed by atoms with Crippen molar-refractivity contribution < 1.29 is 22.7 Å². The third-order valence-corrected chi connectivity index (χ3v) is 7.39. The summed E-state index contributed by atoms with van der Waals surface area (Å²) in [6.07, 6.45) is 4.78. The van der Waals surface area contributed by atoms with Crippen LogP contribution in [0.4, 0.5) is 30.6 Å². The predicted molar refractivity (Wildman–Crippen MR) is 129 cm³/mol. The van der Waals surface area contributed by atoms with E-state index >= 15 is 0 Å². The fourth-order valence-corrected chi connectivity index (χ4v) is 5.66. The molecule has 2 aromatic rings. The number of fused-ring (bicyclic) bond motifs is 3. The number of allylic oxidation sites excluding steroid dienone is 1. The average molecular weight is 503 g/mol. The fraction of sp³-hybridized carbons (Fsp3) is 0.480. The van der Waals surface area contributed by atoms with Crippen LogP contribution < -0.4 is 21.1 Å². The number of alkyl halides is 2. The zero-order valence-electron chi connectivity index (χ0n) is 19.9. The normalized spacial score (nSPS) is 25.0. The third kappa shape index (κ3) is 4.84. The lowest BCUT2D eigenvalue weighted by Gasteiger charge is -2.27. The Morgan fingerprint density at radius 1 is 1.22 bits per heavy atom. The van der Waals surface area contributed by atoms with Crippen molar-refractivity contribution in [1.29, 1.82) is 0 Å². The van der Waals surface area contributed by atoms with E-state index in [1.54, 1.807) is 4.90 Å². The number of aromatic nitrogens is 2. The molecule has 2 bridgehead atoms. The van der Waals surface area contributed by atoms with Crippen LogP contribution in [0.1, 0.15) is 17.5 Å². The summed E-state index contributed by atoms with van der Waals surface area (Å²) in [5.41, 5.74) is 8.28. The van der Waals surface area contributed by atoms with Gasteiger partial charge in [0.2, 0.25) is 11.9 Å². The number of nitrogens with two attached hydrogens (primary N) is 1. The molecular weight excluding hydrogens is 473 g/mol. The van der Waals surface area contributed by atoms with Crippen molar-refractivity contribution in [1.82, 2.24) is 14.9 Å². The van der Waals surface area contributed by atoms with Crippen molar-refractivity contribution in [3.63, 3.8) is 0 Å². The van der Waals surface area contributed by atoms with Gasteiger partial charge in [-0.3, -0.25) is 9.69 Å². The van der Waals surface area contributed by atoms with E-state index in [-0.39, 0.29) is 36.2 Å². The molecule has 1 aliphatic heterocycles. The van der Waals surface area contributed by atoms with E-state index in [1.165, 1.54) is 7.11 Å². The summed E-state index contributed by atoms with van der Waals surface area (Å²) >= 11 is 0. The molecule has 2 heterocycles. The lowest BCUT2D eigenvalue weighted by molar-refractivity contribution is -0.122. The molecule has 192 valence electrons. The second-order valence-corrected chi connectivity index (χ2v) is 9.57. The number of methoxy groups -OCH3 is 1. The summed E-state index contributed by atoms with van der Waals surface area (Å²) in [4.78, 5) is 22.2. The molecule has 11 heteroatoms. The maximum atomic E-state index is 14.6. The van der Waals surface area contributed by atoms with E-state index in [9.17, 15) is 18.0 Å². The summed E-state index contributed by atoms with van der Waals surface area (Å²) in [5.74, 6) is -0.672. The number of hydrogen-bond acceptors (Lipinski definition) is 7. The van der Waals surface area contributed by atoms with Gasteiger partial charge in [-0.25, -0.2) is 18.2 Å². The highest BCUT2D eigenvalue weighted by atomic mass is 19.3. The molecule has 1 aromatic heterocycles. The highest BCUT2D eigenvalue weighted by Gasteiger charge is 2.47. The van der Waals surface area contributed by atoms with Gasteiger partial charge in [0.1, 0.15) is 5.75 Å². The average Bonchev–Trinajstić information content (AvgIpc) is 3.39. The van der Waals surface area contributed by atoms with Gasteiger partial charge in [-0.2, -0.15) is 4.98 Å². The van der Waals surface area contributed by atoms with Crippen LogP contribution in [0.2, 0.25) is 0 Å². The third-order valence-electron chi connectivity index (χ3n) is 7.39. The van der Waals surface area contributed by atoms with Crippen LogP contribution in [0.25, 0.3) is 0 Å². The first-order chi connectivity index (χ1) is 17.3. The second-order valence-electron chi connectivity index (χ2n) is 9.57. The van der Waals surface area contributed by atoms with Gasteiger partial charge in [0.25, 0.3) is 6.43 Å². The first kappa shape index (κ1) is 24.4. The van der Waals surface area contributed by atoms with Crippen LogP contribution in [0.15, 0.2) is 30.5 Å². The van der Waals surface area contributed by atoms with Gasteiger partial charge >= 0.3 is 0 Å². The van der Waals surface area contributed by atoms with Gasteiger partial charge in [0.05, 0.1) is 31.5 Å². The van der Waals surface area contributed by atoms with E-state index in [1.807, 2.05) is 24.3 Å². The van der Waals surface area contributed by atoms with E-state index in [0.717, 1.165) is 23.7 Å². The zero-order valence-corrected chi connectivity index (χ0v) is 19.9. The molecule has 2 aliphatic carbocycles. The van der Waals surface area contributed by atoms with Crippen molar-refractivity contribution in [2.24, 2.45) is 23.5 Å². The Morgan fingerprint density at radius 3 is 2.64 bits per heavy atom. The molecule has 1 amide bonds. The Bertz CT molecular complexity index is 1180. The van der Waals surface area contributed by atoms with Gasteiger partial charge in [-0.05, 0) is 54.4 Å². The van der Waals surface area contributed by atoms with Crippen molar-refractivity contribution >= 4 is 23.4 Å². The topological polar surface area (TPSA) is 105 Å². The van der Waals surface area contributed by atoms with E-state index in [0.29, 0.717) is 37.4 Å². The first-order valence-corrected chi connectivity index (χ1v) is 12.1. The maximum Gasteiger partial charge on any atom is 0.251 e. The Balaban J connectivity index is 1.36. The summed E-state index contributed by atoms with van der Waals surface area (Å²) in [7, 11) is 1.54. The lowest BCUT2D eigenvalue weighted by Crippen LogP contribution is -2.41. The number of benzene rings is 1. The molecule has 4 N–H and O–H groups in total. The summed E-state index contributed by atoms with van der Waals surface area (Å²) in [6.45, 7) is 0.835. The zero-order chi connectivity index (χ0) is 25.4. The van der Waals surface area contributed by atoms with Crippen LogP contribution in [0, 0.1) is 23.6 Å². The Labute approximate surface area is 207 Å². The number of carbonyl (C=O) groups is 1. The minimum Gasteiger partial charge on any atom is -0.495 e. The highest BCUT2D eigenvalue weighted by molar-refractivity contribution is 5.79. The second kappa shape index (κ2) is 9.96. The SMILES string of the molecule is COc1cc2c(cc1Nc1ncc(F)c(N[C@@H]3[C@H](C(N)=O)[C@H]4C=C[C@@H]3C4)n1)CCN(CC(F)F)CC2. The molecule has 3 aliphatic rings. The van der Waals surface area contributed by atoms with Gasteiger partial charge < -0.3 is 21.1 Å². The molecule has 0 spiro atoms. The van der Waals surface area contributed by atoms with Gasteiger partial charge in [0, 0.05) is 19.1 Å². The highest BCUT2D eigenvalue weighted by Crippen LogP contribution is 2.45. The number of anilines is 3. The number of primary amides is 1. The molecule has 5 rings (SSSR count). The van der Waals surface area contributed by atoms with Crippen LogP contribution in [0.3, 0.4) is 0 Å². The van der Waals surface area contributed by atoms with Crippen LogP contribution in [0.5, 0.6) is 5.75 Å². The number of nitrogens with zero attached hydrogens (tertiary/aromatic N) is 3.